The van der Waals surface area contributed by atoms with E-state index in [-0.39, 0.29) is 23.0 Å². The molecule has 0 fully saturated rings. The Morgan fingerprint density at radius 3 is 2.27 bits per heavy atom. The van der Waals surface area contributed by atoms with E-state index in [4.69, 9.17) is 4.43 Å². The first kappa shape index (κ1) is 20.8. The molecule has 0 amide bonds. The first-order chi connectivity index (χ1) is 10.0. The van der Waals surface area contributed by atoms with Crippen LogP contribution in [0.15, 0.2) is 24.3 Å². The molecular weight excluding hydrogens is 296 g/mol. The Kier molecular flexibility index (Phi) is 8.56. The predicted octanol–water partition coefficient (Wildman–Crippen LogP) is 3.89. The maximum Gasteiger partial charge on any atom is 0.330 e. The summed E-state index contributed by atoms with van der Waals surface area (Å²) in [6, 6.07) is 0. The van der Waals surface area contributed by atoms with E-state index in [2.05, 4.69) is 38.6 Å². The molecule has 0 rings (SSSR count). The monoisotopic (exact) mass is 326 g/mol. The molecule has 0 unspecified atom stereocenters. The lowest BCUT2D eigenvalue weighted by molar-refractivity contribution is -0.134. The number of carbonyl (C=O) groups is 2. The van der Waals surface area contributed by atoms with E-state index in [0.717, 1.165) is 6.29 Å². The largest absolute Gasteiger partial charge is 0.466 e. The van der Waals surface area contributed by atoms with Crippen LogP contribution < -0.4 is 0 Å². The van der Waals surface area contributed by atoms with Gasteiger partial charge in [-0.05, 0) is 24.1 Å². The summed E-state index contributed by atoms with van der Waals surface area (Å²) in [5.41, 5.74) is 0. The molecule has 5 heteroatoms. The van der Waals surface area contributed by atoms with Crippen LogP contribution in [0.2, 0.25) is 18.1 Å². The maximum absolute atomic E-state index is 11.0. The fraction of sp³-hybridized carbons (Fsp3) is 0.647. The van der Waals surface area contributed by atoms with Crippen LogP contribution in [0.25, 0.3) is 0 Å². The van der Waals surface area contributed by atoms with Crippen molar-refractivity contribution in [2.45, 2.75) is 58.4 Å². The van der Waals surface area contributed by atoms with E-state index in [1.54, 1.807) is 12.2 Å². The molecule has 2 atom stereocenters. The molecule has 0 saturated heterocycles. The molecule has 126 valence electrons. The van der Waals surface area contributed by atoms with E-state index in [1.807, 2.05) is 13.0 Å². The van der Waals surface area contributed by atoms with Crippen molar-refractivity contribution >= 4 is 20.6 Å². The number of carbonyl (C=O) groups excluding carboxylic acids is 2. The molecule has 0 aliphatic carbocycles. The molecule has 0 aliphatic rings. The third-order valence-corrected chi connectivity index (χ3v) is 8.63. The highest BCUT2D eigenvalue weighted by atomic mass is 28.4. The average Bonchev–Trinajstić information content (AvgIpc) is 2.41. The lowest BCUT2D eigenvalue weighted by atomic mass is 10.0. The van der Waals surface area contributed by atoms with E-state index in [0.29, 0.717) is 6.42 Å². The first-order valence-electron chi connectivity index (χ1n) is 7.59. The van der Waals surface area contributed by atoms with Crippen LogP contribution in [0.3, 0.4) is 0 Å². The number of ether oxygens (including phenoxy) is 1. The molecule has 0 aliphatic heterocycles. The van der Waals surface area contributed by atoms with Crippen LogP contribution in [0, 0.1) is 5.92 Å². The number of aldehydes is 1. The standard InChI is InChI=1S/C17H30O4Si/c1-14(10-8-9-11-16(19)20-5)15(12-13-18)21-22(6,7)17(2,3)4/h8-11,13-15H,12H2,1-7H3/b10-8+,11-9-/t14-,15-/m0/s1. The summed E-state index contributed by atoms with van der Waals surface area (Å²) in [5, 5.41) is 0.0996. The number of rotatable bonds is 8. The predicted molar refractivity (Wildman–Crippen MR) is 92.2 cm³/mol. The van der Waals surface area contributed by atoms with Gasteiger partial charge in [-0.15, -0.1) is 0 Å². The fourth-order valence-corrected chi connectivity index (χ4v) is 3.01. The third kappa shape index (κ3) is 7.18. The second kappa shape index (κ2) is 9.05. The first-order valence-corrected chi connectivity index (χ1v) is 10.5. The molecule has 0 aromatic rings. The van der Waals surface area contributed by atoms with Gasteiger partial charge in [-0.1, -0.05) is 45.9 Å². The lowest BCUT2D eigenvalue weighted by Crippen LogP contribution is -2.45. The summed E-state index contributed by atoms with van der Waals surface area (Å²) < 4.78 is 10.9. The number of esters is 1. The summed E-state index contributed by atoms with van der Waals surface area (Å²) in [6.45, 7) is 12.9. The van der Waals surface area contributed by atoms with Crippen molar-refractivity contribution in [3.8, 4) is 0 Å². The van der Waals surface area contributed by atoms with Crippen LogP contribution in [-0.4, -0.2) is 33.8 Å². The van der Waals surface area contributed by atoms with Crippen molar-refractivity contribution in [3.63, 3.8) is 0 Å². The summed E-state index contributed by atoms with van der Waals surface area (Å²) in [5.74, 6) is -0.305. The van der Waals surface area contributed by atoms with Crippen LogP contribution in [-0.2, 0) is 18.8 Å². The summed E-state index contributed by atoms with van der Waals surface area (Å²) in [6.07, 6.45) is 7.86. The van der Waals surface area contributed by atoms with Gasteiger partial charge in [-0.3, -0.25) is 0 Å². The number of methoxy groups -OCH3 is 1. The van der Waals surface area contributed by atoms with Gasteiger partial charge < -0.3 is 14.0 Å². The molecule has 0 saturated carbocycles. The zero-order valence-corrected chi connectivity index (χ0v) is 15.9. The summed E-state index contributed by atoms with van der Waals surface area (Å²) in [4.78, 5) is 21.9. The van der Waals surface area contributed by atoms with E-state index in [9.17, 15) is 9.59 Å². The summed E-state index contributed by atoms with van der Waals surface area (Å²) in [7, 11) is -0.585. The number of hydrogen-bond acceptors (Lipinski definition) is 4. The fourth-order valence-electron chi connectivity index (χ4n) is 1.59. The normalized spacial score (nSPS) is 16.0. The Morgan fingerprint density at radius 1 is 1.23 bits per heavy atom. The third-order valence-electron chi connectivity index (χ3n) is 4.13. The topological polar surface area (TPSA) is 52.6 Å². The smallest absolute Gasteiger partial charge is 0.330 e. The Bertz CT molecular complexity index is 419. The van der Waals surface area contributed by atoms with Crippen molar-refractivity contribution in [2.75, 3.05) is 7.11 Å². The van der Waals surface area contributed by atoms with Gasteiger partial charge in [-0.25, -0.2) is 4.79 Å². The SMILES string of the molecule is COC(=O)/C=C\C=C\[C@H](C)[C@H](CC=O)O[Si](C)(C)C(C)(C)C. The minimum Gasteiger partial charge on any atom is -0.466 e. The van der Waals surface area contributed by atoms with Gasteiger partial charge in [0.15, 0.2) is 8.32 Å². The van der Waals surface area contributed by atoms with Crippen LogP contribution in [0.5, 0.6) is 0 Å². The van der Waals surface area contributed by atoms with Gasteiger partial charge in [0.2, 0.25) is 0 Å². The zero-order chi connectivity index (χ0) is 17.4. The molecule has 0 spiro atoms. The highest BCUT2D eigenvalue weighted by Gasteiger charge is 2.39. The van der Waals surface area contributed by atoms with E-state index in [1.165, 1.54) is 13.2 Å². The zero-order valence-electron chi connectivity index (χ0n) is 14.9. The number of allylic oxidation sites excluding steroid dienone is 2. The van der Waals surface area contributed by atoms with Crippen LogP contribution in [0.4, 0.5) is 0 Å². The van der Waals surface area contributed by atoms with Gasteiger partial charge >= 0.3 is 5.97 Å². The number of hydrogen-bond donors (Lipinski definition) is 0. The van der Waals surface area contributed by atoms with Crippen molar-refractivity contribution in [1.29, 1.82) is 0 Å². The van der Waals surface area contributed by atoms with E-state index < -0.39 is 8.32 Å². The van der Waals surface area contributed by atoms with Gasteiger partial charge in [0.05, 0.1) is 13.2 Å². The Morgan fingerprint density at radius 2 is 1.82 bits per heavy atom. The van der Waals surface area contributed by atoms with Crippen molar-refractivity contribution < 1.29 is 18.8 Å². The van der Waals surface area contributed by atoms with Gasteiger partial charge in [-0.2, -0.15) is 0 Å². The highest BCUT2D eigenvalue weighted by Crippen LogP contribution is 2.38. The molecule has 0 N–H and O–H groups in total. The molecule has 0 aromatic heterocycles. The van der Waals surface area contributed by atoms with Crippen LogP contribution in [0.1, 0.15) is 34.1 Å². The maximum atomic E-state index is 11.0. The summed E-state index contributed by atoms with van der Waals surface area (Å²) >= 11 is 0. The van der Waals surface area contributed by atoms with Gasteiger partial charge in [0, 0.05) is 12.5 Å². The Balaban J connectivity index is 4.88. The quantitative estimate of drug-likeness (QED) is 0.223. The van der Waals surface area contributed by atoms with Crippen molar-refractivity contribution in [1.82, 2.24) is 0 Å². The van der Waals surface area contributed by atoms with E-state index >= 15 is 0 Å². The highest BCUT2D eigenvalue weighted by molar-refractivity contribution is 6.74. The van der Waals surface area contributed by atoms with Crippen molar-refractivity contribution in [3.05, 3.63) is 24.3 Å². The average molecular weight is 327 g/mol. The second-order valence-electron chi connectivity index (χ2n) is 6.95. The Hall–Kier alpha value is -1.20. The molecule has 0 heterocycles. The Labute approximate surface area is 135 Å². The second-order valence-corrected chi connectivity index (χ2v) is 11.7. The van der Waals surface area contributed by atoms with Gasteiger partial charge in [0.25, 0.3) is 0 Å². The molecule has 0 radical (unpaired) electrons. The molecule has 0 bridgehead atoms. The minimum absolute atomic E-state index is 0.0848. The van der Waals surface area contributed by atoms with Crippen molar-refractivity contribution in [2.24, 2.45) is 5.92 Å². The molecule has 4 nitrogen and oxygen atoms in total. The molecule has 0 aromatic carbocycles. The molecular formula is C17H30O4Si. The molecule has 22 heavy (non-hydrogen) atoms. The lowest BCUT2D eigenvalue weighted by Gasteiger charge is -2.40. The minimum atomic E-state index is -1.92. The van der Waals surface area contributed by atoms with Crippen LogP contribution >= 0.6 is 0 Å². The van der Waals surface area contributed by atoms with Gasteiger partial charge in [0.1, 0.15) is 6.29 Å².